The van der Waals surface area contributed by atoms with Crippen molar-refractivity contribution in [3.8, 4) is 0 Å². The largest absolute Gasteiger partial charge is 0.416 e. The van der Waals surface area contributed by atoms with E-state index in [9.17, 15) is 18.0 Å². The second-order valence-electron chi connectivity index (χ2n) is 4.57. The Morgan fingerprint density at radius 1 is 1.35 bits per heavy atom. The van der Waals surface area contributed by atoms with Gasteiger partial charge in [0.15, 0.2) is 0 Å². The highest BCUT2D eigenvalue weighted by molar-refractivity contribution is 9.10. The molecule has 112 valence electrons. The van der Waals surface area contributed by atoms with Crippen molar-refractivity contribution in [3.63, 3.8) is 0 Å². The second-order valence-corrected chi connectivity index (χ2v) is 5.42. The zero-order chi connectivity index (χ0) is 15.3. The Morgan fingerprint density at radius 2 is 2.00 bits per heavy atom. The summed E-state index contributed by atoms with van der Waals surface area (Å²) in [6, 6.07) is 3.02. The Labute approximate surface area is 124 Å². The van der Waals surface area contributed by atoms with Crippen LogP contribution >= 0.6 is 15.9 Å². The molecule has 0 spiro atoms. The average molecular weight is 353 g/mol. The summed E-state index contributed by atoms with van der Waals surface area (Å²) in [5.41, 5.74) is -0.856. The summed E-state index contributed by atoms with van der Waals surface area (Å²) in [7, 11) is 1.79. The molecule has 1 aromatic carbocycles. The van der Waals surface area contributed by atoms with E-state index >= 15 is 0 Å². The first-order valence-corrected chi connectivity index (χ1v) is 6.84. The minimum absolute atomic E-state index is 0.0171. The van der Waals surface area contributed by atoms with Gasteiger partial charge >= 0.3 is 6.18 Å². The van der Waals surface area contributed by atoms with Gasteiger partial charge < -0.3 is 10.6 Å². The lowest BCUT2D eigenvalue weighted by molar-refractivity contribution is -0.137. The smallest absolute Gasteiger partial charge is 0.352 e. The van der Waals surface area contributed by atoms with Crippen molar-refractivity contribution in [1.82, 2.24) is 10.6 Å². The number of alkyl halides is 3. The molecule has 0 heterocycles. The monoisotopic (exact) mass is 352 g/mol. The fraction of sp³-hybridized carbons (Fsp3) is 0.462. The number of carbonyl (C=O) groups is 1. The lowest BCUT2D eigenvalue weighted by Crippen LogP contribution is -2.32. The van der Waals surface area contributed by atoms with Gasteiger partial charge in [-0.25, -0.2) is 0 Å². The molecule has 1 atom stereocenters. The summed E-state index contributed by atoms with van der Waals surface area (Å²) in [4.78, 5) is 11.9. The molecule has 0 aliphatic heterocycles. The maximum atomic E-state index is 12.6. The maximum absolute atomic E-state index is 12.6. The molecule has 0 aliphatic rings. The molecule has 0 aliphatic carbocycles. The lowest BCUT2D eigenvalue weighted by atomic mass is 10.1. The third-order valence-corrected chi connectivity index (χ3v) is 3.39. The number of hydrogen-bond acceptors (Lipinski definition) is 2. The van der Waals surface area contributed by atoms with Gasteiger partial charge in [-0.05, 0) is 53.6 Å². The molecule has 20 heavy (non-hydrogen) atoms. The van der Waals surface area contributed by atoms with Crippen LogP contribution in [0.5, 0.6) is 0 Å². The van der Waals surface area contributed by atoms with Gasteiger partial charge in [-0.1, -0.05) is 6.92 Å². The molecule has 1 amide bonds. The van der Waals surface area contributed by atoms with E-state index < -0.39 is 17.6 Å². The minimum atomic E-state index is -4.46. The highest BCUT2D eigenvalue weighted by Gasteiger charge is 2.31. The number of benzene rings is 1. The molecule has 1 aromatic rings. The quantitative estimate of drug-likeness (QED) is 0.854. The molecule has 7 heteroatoms. The summed E-state index contributed by atoms with van der Waals surface area (Å²) in [5, 5.41) is 5.59. The zero-order valence-electron chi connectivity index (χ0n) is 11.1. The van der Waals surface area contributed by atoms with Crippen LogP contribution < -0.4 is 10.6 Å². The van der Waals surface area contributed by atoms with Gasteiger partial charge in [-0.3, -0.25) is 4.79 Å². The number of hydrogen-bond donors (Lipinski definition) is 2. The Morgan fingerprint density at radius 3 is 2.55 bits per heavy atom. The lowest BCUT2D eigenvalue weighted by Gasteiger charge is -2.14. The fourth-order valence-corrected chi connectivity index (χ4v) is 2.09. The Bertz CT molecular complexity index is 477. The zero-order valence-corrected chi connectivity index (χ0v) is 12.7. The van der Waals surface area contributed by atoms with Crippen LogP contribution in [0.25, 0.3) is 0 Å². The van der Waals surface area contributed by atoms with Crippen LogP contribution in [0.2, 0.25) is 0 Å². The summed E-state index contributed by atoms with van der Waals surface area (Å²) in [5.74, 6) is -0.334. The van der Waals surface area contributed by atoms with Crippen molar-refractivity contribution in [2.45, 2.75) is 13.1 Å². The predicted molar refractivity (Wildman–Crippen MR) is 74.6 cm³/mol. The van der Waals surface area contributed by atoms with Gasteiger partial charge in [0, 0.05) is 11.0 Å². The number of rotatable bonds is 5. The van der Waals surface area contributed by atoms with Gasteiger partial charge in [0.1, 0.15) is 0 Å². The molecule has 0 saturated heterocycles. The number of amides is 1. The summed E-state index contributed by atoms with van der Waals surface area (Å²) in [6.07, 6.45) is -4.46. The van der Waals surface area contributed by atoms with Crippen molar-refractivity contribution in [2.75, 3.05) is 20.1 Å². The second kappa shape index (κ2) is 7.08. The predicted octanol–water partition coefficient (Wildman–Crippen LogP) is 3.05. The Balaban J connectivity index is 2.82. The third-order valence-electron chi connectivity index (χ3n) is 2.70. The normalized spacial score (nSPS) is 13.1. The summed E-state index contributed by atoms with van der Waals surface area (Å²) >= 11 is 3.10. The van der Waals surface area contributed by atoms with Crippen molar-refractivity contribution in [3.05, 3.63) is 33.8 Å². The first-order chi connectivity index (χ1) is 9.25. The van der Waals surface area contributed by atoms with Crippen LogP contribution in [0.3, 0.4) is 0 Å². The molecule has 1 rings (SSSR count). The first kappa shape index (κ1) is 17.0. The van der Waals surface area contributed by atoms with Crippen LogP contribution in [-0.2, 0) is 6.18 Å². The molecule has 1 unspecified atom stereocenters. The summed E-state index contributed by atoms with van der Waals surface area (Å²) < 4.78 is 38.2. The maximum Gasteiger partial charge on any atom is 0.416 e. The van der Waals surface area contributed by atoms with Crippen LogP contribution in [0.15, 0.2) is 22.7 Å². The SMILES string of the molecule is CNCC(C)CNC(=O)c1cc(C(F)(F)F)ccc1Br. The molecule has 3 nitrogen and oxygen atoms in total. The molecule has 2 N–H and O–H groups in total. The Hall–Kier alpha value is -1.08. The van der Waals surface area contributed by atoms with E-state index in [1.807, 2.05) is 6.92 Å². The van der Waals surface area contributed by atoms with Crippen LogP contribution in [-0.4, -0.2) is 26.0 Å². The van der Waals surface area contributed by atoms with E-state index in [0.29, 0.717) is 17.6 Å². The summed E-state index contributed by atoms with van der Waals surface area (Å²) in [6.45, 7) is 3.03. The van der Waals surface area contributed by atoms with Gasteiger partial charge in [0.25, 0.3) is 5.91 Å². The standard InChI is InChI=1S/C13H16BrF3N2O/c1-8(6-18-2)7-19-12(20)10-5-9(13(15,16)17)3-4-11(10)14/h3-5,8,18H,6-7H2,1-2H3,(H,19,20). The van der Waals surface area contributed by atoms with Gasteiger partial charge in [-0.2, -0.15) is 13.2 Å². The van der Waals surface area contributed by atoms with E-state index in [2.05, 4.69) is 26.6 Å². The molecular weight excluding hydrogens is 337 g/mol. The van der Waals surface area contributed by atoms with Gasteiger partial charge in [0.05, 0.1) is 11.1 Å². The molecule has 0 fully saturated rings. The highest BCUT2D eigenvalue weighted by atomic mass is 79.9. The van der Waals surface area contributed by atoms with Gasteiger partial charge in [0.2, 0.25) is 0 Å². The topological polar surface area (TPSA) is 41.1 Å². The van der Waals surface area contributed by atoms with Crippen LogP contribution in [0.4, 0.5) is 13.2 Å². The molecule has 0 radical (unpaired) electrons. The van der Waals surface area contributed by atoms with Crippen molar-refractivity contribution in [2.24, 2.45) is 5.92 Å². The molecule has 0 saturated carbocycles. The van der Waals surface area contributed by atoms with Crippen molar-refractivity contribution < 1.29 is 18.0 Å². The molecule has 0 bridgehead atoms. The first-order valence-electron chi connectivity index (χ1n) is 6.05. The number of halogens is 4. The molecular formula is C13H16BrF3N2O. The van der Waals surface area contributed by atoms with Crippen LogP contribution in [0, 0.1) is 5.92 Å². The number of carbonyl (C=O) groups excluding carboxylic acids is 1. The Kier molecular flexibility index (Phi) is 6.01. The third kappa shape index (κ3) is 4.79. The minimum Gasteiger partial charge on any atom is -0.352 e. The van der Waals surface area contributed by atoms with E-state index in [4.69, 9.17) is 0 Å². The van der Waals surface area contributed by atoms with Crippen molar-refractivity contribution >= 4 is 21.8 Å². The van der Waals surface area contributed by atoms with Crippen LogP contribution in [0.1, 0.15) is 22.8 Å². The van der Waals surface area contributed by atoms with E-state index in [1.165, 1.54) is 6.07 Å². The molecule has 0 aromatic heterocycles. The van der Waals surface area contributed by atoms with Crippen molar-refractivity contribution in [1.29, 1.82) is 0 Å². The van der Waals surface area contributed by atoms with E-state index in [0.717, 1.165) is 12.1 Å². The van der Waals surface area contributed by atoms with E-state index in [1.54, 1.807) is 7.05 Å². The fourth-order valence-electron chi connectivity index (χ4n) is 1.66. The van der Waals surface area contributed by atoms with Gasteiger partial charge in [-0.15, -0.1) is 0 Å². The average Bonchev–Trinajstić information content (AvgIpc) is 2.35. The highest BCUT2D eigenvalue weighted by Crippen LogP contribution is 2.31. The number of nitrogens with one attached hydrogen (secondary N) is 2. The van der Waals surface area contributed by atoms with E-state index in [-0.39, 0.29) is 11.5 Å².